The average Bonchev–Trinajstić information content (AvgIpc) is 2.20. The molecule has 1 aromatic carbocycles. The Morgan fingerprint density at radius 1 is 1.60 bits per heavy atom. The number of halogens is 1. The molecule has 5 nitrogen and oxygen atoms in total. The van der Waals surface area contributed by atoms with Gasteiger partial charge in [-0.2, -0.15) is 0 Å². The highest BCUT2D eigenvalue weighted by molar-refractivity contribution is 9.10. The molecule has 0 bridgehead atoms. The van der Waals surface area contributed by atoms with Gasteiger partial charge in [-0.15, -0.1) is 6.58 Å². The number of aliphatic hydroxyl groups excluding tert-OH is 1. The highest BCUT2D eigenvalue weighted by Gasteiger charge is 2.18. The van der Waals surface area contributed by atoms with Crippen LogP contribution in [0.4, 0.5) is 5.69 Å². The predicted octanol–water partition coefficient (Wildman–Crippen LogP) is 2.28. The molecule has 6 heteroatoms. The predicted molar refractivity (Wildman–Crippen MR) is 57.6 cm³/mol. The fourth-order valence-corrected chi connectivity index (χ4v) is 1.53. The molecule has 0 fully saturated rings. The number of aromatic hydroxyl groups is 1. The molecule has 0 aliphatic heterocycles. The van der Waals surface area contributed by atoms with Crippen LogP contribution < -0.4 is 0 Å². The molecule has 0 aliphatic carbocycles. The van der Waals surface area contributed by atoms with Gasteiger partial charge in [-0.1, -0.05) is 6.08 Å². The van der Waals surface area contributed by atoms with Crippen molar-refractivity contribution in [3.05, 3.63) is 44.9 Å². The van der Waals surface area contributed by atoms with Crippen LogP contribution in [0.1, 0.15) is 11.7 Å². The number of hydrogen-bond donors (Lipinski definition) is 2. The van der Waals surface area contributed by atoms with E-state index in [1.165, 1.54) is 6.08 Å². The number of nitrogens with zero attached hydrogens (tertiary/aromatic N) is 1. The van der Waals surface area contributed by atoms with Crippen molar-refractivity contribution in [2.75, 3.05) is 0 Å². The minimum Gasteiger partial charge on any atom is -0.506 e. The molecule has 1 rings (SSSR count). The largest absolute Gasteiger partial charge is 0.506 e. The van der Waals surface area contributed by atoms with Gasteiger partial charge in [0.1, 0.15) is 11.9 Å². The second kappa shape index (κ2) is 4.41. The normalized spacial score (nSPS) is 12.1. The molecule has 0 saturated heterocycles. The molecule has 1 aromatic rings. The van der Waals surface area contributed by atoms with Crippen LogP contribution in [0.25, 0.3) is 0 Å². The topological polar surface area (TPSA) is 83.6 Å². The first kappa shape index (κ1) is 11.7. The average molecular weight is 274 g/mol. The van der Waals surface area contributed by atoms with E-state index in [2.05, 4.69) is 22.5 Å². The van der Waals surface area contributed by atoms with Gasteiger partial charge in [0.25, 0.3) is 5.69 Å². The Hall–Kier alpha value is -1.40. The summed E-state index contributed by atoms with van der Waals surface area (Å²) in [6.45, 7) is 3.34. The number of benzene rings is 1. The lowest BCUT2D eigenvalue weighted by Gasteiger charge is -2.09. The summed E-state index contributed by atoms with van der Waals surface area (Å²) in [5, 5.41) is 29.5. The molecule has 0 spiro atoms. The van der Waals surface area contributed by atoms with Crippen molar-refractivity contribution < 1.29 is 15.1 Å². The van der Waals surface area contributed by atoms with Crippen molar-refractivity contribution in [3.8, 4) is 5.75 Å². The van der Waals surface area contributed by atoms with Crippen LogP contribution in [0.15, 0.2) is 29.3 Å². The number of nitro benzene ring substituents is 1. The Morgan fingerprint density at radius 2 is 2.20 bits per heavy atom. The Bertz CT molecular complexity index is 419. The van der Waals surface area contributed by atoms with Crippen molar-refractivity contribution in [3.63, 3.8) is 0 Å². The van der Waals surface area contributed by atoms with Gasteiger partial charge in [0.2, 0.25) is 0 Å². The Labute approximate surface area is 93.9 Å². The van der Waals surface area contributed by atoms with E-state index in [0.29, 0.717) is 0 Å². The third-order valence-electron chi connectivity index (χ3n) is 1.83. The molecule has 1 atom stereocenters. The molecule has 15 heavy (non-hydrogen) atoms. The van der Waals surface area contributed by atoms with Crippen molar-refractivity contribution in [1.29, 1.82) is 0 Å². The van der Waals surface area contributed by atoms with Gasteiger partial charge in [0, 0.05) is 17.7 Å². The first-order valence-electron chi connectivity index (χ1n) is 3.94. The fourth-order valence-electron chi connectivity index (χ4n) is 1.06. The smallest absolute Gasteiger partial charge is 0.271 e. The molecule has 0 amide bonds. The summed E-state index contributed by atoms with van der Waals surface area (Å²) in [6, 6.07) is 2.26. The zero-order chi connectivity index (χ0) is 11.6. The maximum absolute atomic E-state index is 10.5. The second-order valence-electron chi connectivity index (χ2n) is 2.80. The Morgan fingerprint density at radius 3 is 2.67 bits per heavy atom. The van der Waals surface area contributed by atoms with Gasteiger partial charge < -0.3 is 10.2 Å². The number of hydrogen-bond acceptors (Lipinski definition) is 4. The minimum absolute atomic E-state index is 0.0473. The zero-order valence-corrected chi connectivity index (χ0v) is 9.14. The van der Waals surface area contributed by atoms with Crippen molar-refractivity contribution >= 4 is 21.6 Å². The quantitative estimate of drug-likeness (QED) is 0.503. The summed E-state index contributed by atoms with van der Waals surface area (Å²) in [5.74, 6) is -0.229. The van der Waals surface area contributed by atoms with Gasteiger partial charge in [0.05, 0.1) is 9.40 Å². The van der Waals surface area contributed by atoms with Gasteiger partial charge in [-0.3, -0.25) is 10.1 Å². The number of non-ortho nitro benzene ring substituents is 1. The summed E-state index contributed by atoms with van der Waals surface area (Å²) >= 11 is 2.96. The number of phenols is 1. The first-order chi connectivity index (χ1) is 6.97. The molecule has 0 radical (unpaired) electrons. The molecular weight excluding hydrogens is 266 g/mol. The van der Waals surface area contributed by atoms with E-state index in [0.717, 1.165) is 12.1 Å². The van der Waals surface area contributed by atoms with E-state index in [9.17, 15) is 20.3 Å². The van der Waals surface area contributed by atoms with Crippen LogP contribution in [0.5, 0.6) is 5.75 Å². The highest BCUT2D eigenvalue weighted by atomic mass is 79.9. The maximum Gasteiger partial charge on any atom is 0.271 e. The molecule has 1 unspecified atom stereocenters. The van der Waals surface area contributed by atoms with Crippen LogP contribution in [-0.2, 0) is 0 Å². The molecule has 2 N–H and O–H groups in total. The number of phenolic OH excluding ortho intramolecular Hbond substituents is 1. The van der Waals surface area contributed by atoms with Crippen molar-refractivity contribution in [2.24, 2.45) is 0 Å². The van der Waals surface area contributed by atoms with E-state index < -0.39 is 11.0 Å². The third kappa shape index (κ3) is 2.34. The number of rotatable bonds is 3. The van der Waals surface area contributed by atoms with E-state index in [4.69, 9.17) is 0 Å². The molecule has 0 heterocycles. The standard InChI is InChI=1S/C9H8BrNO4/c1-2-8(12)6-3-5(11(14)15)4-7(10)9(6)13/h2-4,8,12-13H,1H2. The summed E-state index contributed by atoms with van der Waals surface area (Å²) < 4.78 is 0.160. The summed E-state index contributed by atoms with van der Waals surface area (Å²) in [5.41, 5.74) is -0.165. The lowest BCUT2D eigenvalue weighted by Crippen LogP contribution is -1.97. The molecule has 0 saturated carbocycles. The van der Waals surface area contributed by atoms with Crippen LogP contribution in [0.3, 0.4) is 0 Å². The van der Waals surface area contributed by atoms with E-state index in [-0.39, 0.29) is 21.5 Å². The molecule has 80 valence electrons. The molecule has 0 aliphatic rings. The van der Waals surface area contributed by atoms with Gasteiger partial charge in [-0.05, 0) is 15.9 Å². The molecular formula is C9H8BrNO4. The summed E-state index contributed by atoms with van der Waals surface area (Å²) in [4.78, 5) is 9.92. The van der Waals surface area contributed by atoms with Crippen LogP contribution >= 0.6 is 15.9 Å². The van der Waals surface area contributed by atoms with E-state index in [1.807, 2.05) is 0 Å². The number of aliphatic hydroxyl groups is 1. The van der Waals surface area contributed by atoms with Crippen LogP contribution in [0.2, 0.25) is 0 Å². The van der Waals surface area contributed by atoms with Crippen molar-refractivity contribution in [1.82, 2.24) is 0 Å². The second-order valence-corrected chi connectivity index (χ2v) is 3.66. The van der Waals surface area contributed by atoms with Crippen LogP contribution in [0, 0.1) is 10.1 Å². The summed E-state index contributed by atoms with van der Waals surface area (Å²) in [7, 11) is 0. The lowest BCUT2D eigenvalue weighted by atomic mass is 10.1. The van der Waals surface area contributed by atoms with E-state index >= 15 is 0 Å². The van der Waals surface area contributed by atoms with Gasteiger partial charge in [-0.25, -0.2) is 0 Å². The first-order valence-corrected chi connectivity index (χ1v) is 4.74. The highest BCUT2D eigenvalue weighted by Crippen LogP contribution is 2.36. The van der Waals surface area contributed by atoms with Gasteiger partial charge >= 0.3 is 0 Å². The van der Waals surface area contributed by atoms with E-state index in [1.54, 1.807) is 0 Å². The molecule has 0 aromatic heterocycles. The third-order valence-corrected chi connectivity index (χ3v) is 2.43. The monoisotopic (exact) mass is 273 g/mol. The maximum atomic E-state index is 10.5. The Kier molecular flexibility index (Phi) is 3.43. The summed E-state index contributed by atoms with van der Waals surface area (Å²) in [6.07, 6.45) is 0.0341. The van der Waals surface area contributed by atoms with Crippen molar-refractivity contribution in [2.45, 2.75) is 6.10 Å². The SMILES string of the molecule is C=CC(O)c1cc([N+](=O)[O-])cc(Br)c1O. The number of nitro groups is 1. The van der Waals surface area contributed by atoms with Crippen LogP contribution in [-0.4, -0.2) is 15.1 Å². The Balaban J connectivity index is 3.37. The zero-order valence-electron chi connectivity index (χ0n) is 7.55. The lowest BCUT2D eigenvalue weighted by molar-refractivity contribution is -0.385. The van der Waals surface area contributed by atoms with Gasteiger partial charge in [0.15, 0.2) is 0 Å². The fraction of sp³-hybridized carbons (Fsp3) is 0.111. The minimum atomic E-state index is -1.14.